The third kappa shape index (κ3) is 3.90. The Bertz CT molecular complexity index is 606. The van der Waals surface area contributed by atoms with Gasteiger partial charge in [-0.05, 0) is 39.3 Å². The van der Waals surface area contributed by atoms with Crippen LogP contribution in [0.15, 0.2) is 12.1 Å². The van der Waals surface area contributed by atoms with Gasteiger partial charge in [0.05, 0.1) is 0 Å². The fraction of sp³-hybridized carbons (Fsp3) is 0.647. The van der Waals surface area contributed by atoms with E-state index in [0.717, 1.165) is 30.9 Å². The van der Waals surface area contributed by atoms with Crippen molar-refractivity contribution in [3.63, 3.8) is 0 Å². The summed E-state index contributed by atoms with van der Waals surface area (Å²) in [5, 5.41) is 0. The number of nitrogens with zero attached hydrogens (tertiary/aromatic N) is 3. The first kappa shape index (κ1) is 16.8. The van der Waals surface area contributed by atoms with Crippen LogP contribution in [0.2, 0.25) is 0 Å². The van der Waals surface area contributed by atoms with Crippen LogP contribution >= 0.6 is 0 Å². The maximum atomic E-state index is 12.1. The van der Waals surface area contributed by atoms with Crippen LogP contribution < -0.4 is 15.4 Å². The summed E-state index contributed by atoms with van der Waals surface area (Å²) in [6.45, 7) is 8.85. The summed E-state index contributed by atoms with van der Waals surface area (Å²) in [4.78, 5) is 20.6. The van der Waals surface area contributed by atoms with Gasteiger partial charge in [0.25, 0.3) is 0 Å². The lowest BCUT2D eigenvalue weighted by Crippen LogP contribution is -2.50. The van der Waals surface area contributed by atoms with E-state index in [9.17, 15) is 4.79 Å². The second-order valence-electron chi connectivity index (χ2n) is 7.36. The van der Waals surface area contributed by atoms with Crippen LogP contribution in [0.5, 0.6) is 5.88 Å². The summed E-state index contributed by atoms with van der Waals surface area (Å²) >= 11 is 0. The molecule has 1 fully saturated rings. The normalized spacial score (nSPS) is 21.1. The fourth-order valence-corrected chi connectivity index (χ4v) is 2.89. The highest BCUT2D eigenvalue weighted by Crippen LogP contribution is 2.26. The minimum atomic E-state index is -0.466. The molecule has 1 aromatic rings. The number of hydrogen-bond acceptors (Lipinski definition) is 6. The quantitative estimate of drug-likeness (QED) is 0.836. The lowest BCUT2D eigenvalue weighted by Gasteiger charge is -2.36. The monoisotopic (exact) mass is 334 g/mol. The second kappa shape index (κ2) is 6.47. The van der Waals surface area contributed by atoms with Gasteiger partial charge in [-0.2, -0.15) is 4.98 Å². The van der Waals surface area contributed by atoms with Gasteiger partial charge in [0.1, 0.15) is 18.0 Å². The van der Waals surface area contributed by atoms with Crippen molar-refractivity contribution in [1.82, 2.24) is 9.88 Å². The lowest BCUT2D eigenvalue weighted by molar-refractivity contribution is 0.0240. The zero-order chi connectivity index (χ0) is 17.3. The Morgan fingerprint density at radius 1 is 1.29 bits per heavy atom. The minimum absolute atomic E-state index is 0.0440. The molecule has 3 rings (SSSR count). The second-order valence-corrected chi connectivity index (χ2v) is 7.36. The van der Waals surface area contributed by atoms with Crippen LogP contribution in [0.1, 0.15) is 26.3 Å². The number of carbonyl (C=O) groups excluding carboxylic acids is 1. The Balaban J connectivity index is 1.60. The summed E-state index contributed by atoms with van der Waals surface area (Å²) in [6, 6.07) is 4.09. The topological polar surface area (TPSA) is 80.9 Å². The molecule has 0 radical (unpaired) electrons. The number of hydrogen-bond donors (Lipinski definition) is 1. The molecule has 0 aromatic carbocycles. The Kier molecular flexibility index (Phi) is 4.54. The average molecular weight is 334 g/mol. The number of ether oxygens (including phenoxy) is 2. The number of carbonyl (C=O) groups is 1. The zero-order valence-corrected chi connectivity index (χ0v) is 14.6. The molecule has 2 aliphatic heterocycles. The van der Waals surface area contributed by atoms with Gasteiger partial charge in [0, 0.05) is 37.8 Å². The van der Waals surface area contributed by atoms with Gasteiger partial charge in [-0.15, -0.1) is 0 Å². The summed E-state index contributed by atoms with van der Waals surface area (Å²) in [5.74, 6) is 1.57. The van der Waals surface area contributed by atoms with Crippen LogP contribution in [-0.4, -0.2) is 60.4 Å². The molecule has 2 aliphatic rings. The van der Waals surface area contributed by atoms with E-state index >= 15 is 0 Å². The summed E-state index contributed by atoms with van der Waals surface area (Å²) in [6.07, 6.45) is 0.549. The molecule has 24 heavy (non-hydrogen) atoms. The first-order valence-corrected chi connectivity index (χ1v) is 8.43. The molecule has 0 spiro atoms. The van der Waals surface area contributed by atoms with Gasteiger partial charge in [-0.25, -0.2) is 4.79 Å². The molecular weight excluding hydrogens is 308 g/mol. The van der Waals surface area contributed by atoms with E-state index < -0.39 is 5.60 Å². The van der Waals surface area contributed by atoms with E-state index in [4.69, 9.17) is 15.2 Å². The molecule has 1 aromatic heterocycles. The van der Waals surface area contributed by atoms with Crippen molar-refractivity contribution in [2.75, 3.05) is 37.7 Å². The van der Waals surface area contributed by atoms with Crippen LogP contribution in [0, 0.1) is 0 Å². The van der Waals surface area contributed by atoms with Gasteiger partial charge in [0.15, 0.2) is 0 Å². The molecule has 3 heterocycles. The van der Waals surface area contributed by atoms with Crippen LogP contribution in [0.3, 0.4) is 0 Å². The average Bonchev–Trinajstić information content (AvgIpc) is 2.53. The summed E-state index contributed by atoms with van der Waals surface area (Å²) < 4.78 is 11.1. The van der Waals surface area contributed by atoms with E-state index in [0.29, 0.717) is 25.6 Å². The SMILES string of the molecule is CC(C)(C)OC(=O)N1CCN(c2ccc3c(n2)OCC(N)C3)CC1. The Morgan fingerprint density at radius 3 is 2.67 bits per heavy atom. The number of anilines is 1. The molecule has 1 unspecified atom stereocenters. The fourth-order valence-electron chi connectivity index (χ4n) is 2.89. The predicted octanol–water partition coefficient (Wildman–Crippen LogP) is 1.40. The molecule has 2 N–H and O–H groups in total. The molecule has 0 saturated carbocycles. The van der Waals surface area contributed by atoms with Crippen molar-refractivity contribution >= 4 is 11.9 Å². The molecule has 1 saturated heterocycles. The number of piperazine rings is 1. The molecule has 0 bridgehead atoms. The molecule has 7 heteroatoms. The first-order chi connectivity index (χ1) is 11.3. The maximum absolute atomic E-state index is 12.1. The lowest BCUT2D eigenvalue weighted by atomic mass is 10.1. The number of aromatic nitrogens is 1. The molecule has 1 amide bonds. The largest absolute Gasteiger partial charge is 0.476 e. The van der Waals surface area contributed by atoms with Gasteiger partial charge in [-0.3, -0.25) is 0 Å². The highest BCUT2D eigenvalue weighted by atomic mass is 16.6. The summed E-state index contributed by atoms with van der Waals surface area (Å²) in [5.41, 5.74) is 6.50. The van der Waals surface area contributed by atoms with E-state index in [2.05, 4.69) is 9.88 Å². The van der Waals surface area contributed by atoms with Gasteiger partial charge >= 0.3 is 6.09 Å². The highest BCUT2D eigenvalue weighted by molar-refractivity contribution is 5.68. The Hall–Kier alpha value is -2.02. The number of nitrogens with two attached hydrogens (primary N) is 1. The van der Waals surface area contributed by atoms with Crippen molar-refractivity contribution in [3.05, 3.63) is 17.7 Å². The van der Waals surface area contributed by atoms with E-state index in [1.54, 1.807) is 4.90 Å². The standard InChI is InChI=1S/C17H26N4O3/c1-17(2,3)24-16(22)21-8-6-20(7-9-21)14-5-4-12-10-13(18)11-23-15(12)19-14/h4-5,13H,6-11,18H2,1-3H3. The van der Waals surface area contributed by atoms with Crippen molar-refractivity contribution in [2.45, 2.75) is 38.8 Å². The van der Waals surface area contributed by atoms with Crippen LogP contribution in [0.25, 0.3) is 0 Å². The first-order valence-electron chi connectivity index (χ1n) is 8.43. The molecule has 132 valence electrons. The Labute approximate surface area is 142 Å². The zero-order valence-electron chi connectivity index (χ0n) is 14.6. The molecule has 7 nitrogen and oxygen atoms in total. The molecule has 0 aliphatic carbocycles. The van der Waals surface area contributed by atoms with E-state index in [1.807, 2.05) is 32.9 Å². The number of fused-ring (bicyclic) bond motifs is 1. The van der Waals surface area contributed by atoms with Crippen molar-refractivity contribution < 1.29 is 14.3 Å². The number of pyridine rings is 1. The van der Waals surface area contributed by atoms with Crippen LogP contribution in [0.4, 0.5) is 10.6 Å². The molecular formula is C17H26N4O3. The minimum Gasteiger partial charge on any atom is -0.476 e. The van der Waals surface area contributed by atoms with Crippen LogP contribution in [-0.2, 0) is 11.2 Å². The predicted molar refractivity (Wildman–Crippen MR) is 91.4 cm³/mol. The van der Waals surface area contributed by atoms with Gasteiger partial charge < -0.3 is 25.0 Å². The van der Waals surface area contributed by atoms with Crippen molar-refractivity contribution in [1.29, 1.82) is 0 Å². The van der Waals surface area contributed by atoms with Crippen molar-refractivity contribution in [2.24, 2.45) is 5.73 Å². The smallest absolute Gasteiger partial charge is 0.410 e. The third-order valence-corrected chi connectivity index (χ3v) is 4.10. The number of rotatable bonds is 1. The summed E-state index contributed by atoms with van der Waals surface area (Å²) in [7, 11) is 0. The highest BCUT2D eigenvalue weighted by Gasteiger charge is 2.27. The van der Waals surface area contributed by atoms with E-state index in [-0.39, 0.29) is 12.1 Å². The van der Waals surface area contributed by atoms with E-state index in [1.165, 1.54) is 0 Å². The third-order valence-electron chi connectivity index (χ3n) is 4.10. The Morgan fingerprint density at radius 2 is 2.00 bits per heavy atom. The maximum Gasteiger partial charge on any atom is 0.410 e. The number of amides is 1. The van der Waals surface area contributed by atoms with Crippen molar-refractivity contribution in [3.8, 4) is 5.88 Å². The molecule has 1 atom stereocenters. The van der Waals surface area contributed by atoms with Gasteiger partial charge in [0.2, 0.25) is 5.88 Å². The van der Waals surface area contributed by atoms with Gasteiger partial charge in [-0.1, -0.05) is 0 Å².